The highest BCUT2D eigenvalue weighted by Gasteiger charge is 2.21. The maximum absolute atomic E-state index is 12.0. The van der Waals surface area contributed by atoms with Gasteiger partial charge in [-0.1, -0.05) is 6.92 Å². The topological polar surface area (TPSA) is 62.5 Å². The lowest BCUT2D eigenvalue weighted by molar-refractivity contribution is 0.271. The zero-order valence-corrected chi connectivity index (χ0v) is 10.7. The van der Waals surface area contributed by atoms with E-state index in [1.807, 2.05) is 6.92 Å². The molecule has 1 aromatic rings. The molecule has 0 aliphatic rings. The minimum Gasteiger partial charge on any atom is -0.390 e. The first-order valence-corrected chi connectivity index (χ1v) is 6.67. The molecule has 0 fully saturated rings. The number of aromatic nitrogens is 1. The van der Waals surface area contributed by atoms with E-state index in [0.717, 1.165) is 0 Å². The van der Waals surface area contributed by atoms with E-state index in [9.17, 15) is 8.42 Å². The predicted octanol–water partition coefficient (Wildman–Crippen LogP) is 0.641. The Morgan fingerprint density at radius 1 is 1.44 bits per heavy atom. The smallest absolute Gasteiger partial charge is 0.244 e. The number of aryl methyl sites for hydroxylation is 1. The first kappa shape index (κ1) is 13.2. The quantitative estimate of drug-likeness (QED) is 0.829. The van der Waals surface area contributed by atoms with E-state index < -0.39 is 10.0 Å². The second-order valence-electron chi connectivity index (χ2n) is 3.53. The van der Waals surface area contributed by atoms with E-state index in [2.05, 4.69) is 0 Å². The Balaban J connectivity index is 3.19. The molecule has 0 aliphatic heterocycles. The normalized spacial score (nSPS) is 12.3. The van der Waals surface area contributed by atoms with Crippen LogP contribution in [-0.4, -0.2) is 36.0 Å². The fraction of sp³-hybridized carbons (Fsp3) is 0.600. The number of sulfonamides is 1. The highest BCUT2D eigenvalue weighted by molar-refractivity contribution is 7.89. The molecule has 1 aromatic heterocycles. The first-order valence-electron chi connectivity index (χ1n) is 5.23. The molecule has 0 saturated carbocycles. The predicted molar refractivity (Wildman–Crippen MR) is 61.5 cm³/mol. The van der Waals surface area contributed by atoms with Gasteiger partial charge in [0.2, 0.25) is 10.0 Å². The molecule has 16 heavy (non-hydrogen) atoms. The monoisotopic (exact) mass is 246 g/mol. The maximum atomic E-state index is 12.0. The second-order valence-corrected chi connectivity index (χ2v) is 5.58. The largest absolute Gasteiger partial charge is 0.390 e. The Morgan fingerprint density at radius 3 is 2.44 bits per heavy atom. The van der Waals surface area contributed by atoms with E-state index >= 15 is 0 Å². The van der Waals surface area contributed by atoms with E-state index in [1.54, 1.807) is 17.7 Å². The summed E-state index contributed by atoms with van der Waals surface area (Å²) in [5.41, 5.74) is 0.616. The van der Waals surface area contributed by atoms with Gasteiger partial charge in [0.05, 0.1) is 6.61 Å². The summed E-state index contributed by atoms with van der Waals surface area (Å²) < 4.78 is 27.0. The van der Waals surface area contributed by atoms with Crippen LogP contribution in [0.3, 0.4) is 0 Å². The molecule has 0 unspecified atom stereocenters. The SMILES string of the molecule is CCN(C)S(=O)(=O)c1cc(CO)n(CC)c1. The summed E-state index contributed by atoms with van der Waals surface area (Å²) >= 11 is 0. The molecular formula is C10H18N2O3S. The number of aliphatic hydroxyl groups excluding tert-OH is 1. The zero-order chi connectivity index (χ0) is 12.3. The van der Waals surface area contributed by atoms with Crippen molar-refractivity contribution in [3.8, 4) is 0 Å². The summed E-state index contributed by atoms with van der Waals surface area (Å²) in [4.78, 5) is 0.239. The molecule has 1 heterocycles. The fourth-order valence-electron chi connectivity index (χ4n) is 1.44. The van der Waals surface area contributed by atoms with Gasteiger partial charge in [0.25, 0.3) is 0 Å². The summed E-state index contributed by atoms with van der Waals surface area (Å²) in [6, 6.07) is 1.52. The summed E-state index contributed by atoms with van der Waals surface area (Å²) in [6.07, 6.45) is 1.56. The van der Waals surface area contributed by atoms with Crippen molar-refractivity contribution in [2.24, 2.45) is 0 Å². The number of rotatable bonds is 5. The van der Waals surface area contributed by atoms with Gasteiger partial charge in [0.1, 0.15) is 4.90 Å². The van der Waals surface area contributed by atoms with Crippen LogP contribution in [0.4, 0.5) is 0 Å². The van der Waals surface area contributed by atoms with Crippen LogP contribution >= 0.6 is 0 Å². The molecule has 0 atom stereocenters. The van der Waals surface area contributed by atoms with Crippen LogP contribution in [0.2, 0.25) is 0 Å². The standard InChI is InChI=1S/C10H18N2O3S/c1-4-11(3)16(14,15)10-6-9(8-13)12(5-2)7-10/h6-7,13H,4-5,8H2,1-3H3. The van der Waals surface area contributed by atoms with Gasteiger partial charge in [-0.25, -0.2) is 12.7 Å². The average Bonchev–Trinajstić information content (AvgIpc) is 2.71. The fourth-order valence-corrected chi connectivity index (χ4v) is 2.69. The van der Waals surface area contributed by atoms with Gasteiger partial charge in [-0.3, -0.25) is 0 Å². The van der Waals surface area contributed by atoms with E-state index in [-0.39, 0.29) is 11.5 Å². The molecule has 1 N–H and O–H groups in total. The number of aliphatic hydroxyl groups is 1. The second kappa shape index (κ2) is 4.99. The van der Waals surface area contributed by atoms with E-state index in [1.165, 1.54) is 17.4 Å². The molecule has 5 nitrogen and oxygen atoms in total. The Morgan fingerprint density at radius 2 is 2.06 bits per heavy atom. The van der Waals surface area contributed by atoms with Crippen molar-refractivity contribution in [2.75, 3.05) is 13.6 Å². The van der Waals surface area contributed by atoms with E-state index in [4.69, 9.17) is 5.11 Å². The first-order chi connectivity index (χ1) is 7.47. The van der Waals surface area contributed by atoms with E-state index in [0.29, 0.717) is 18.8 Å². The number of hydrogen-bond donors (Lipinski definition) is 1. The Hall–Kier alpha value is -0.850. The van der Waals surface area contributed by atoms with Gasteiger partial charge in [-0.2, -0.15) is 0 Å². The van der Waals surface area contributed by atoms with Crippen LogP contribution < -0.4 is 0 Å². The van der Waals surface area contributed by atoms with Crippen molar-refractivity contribution >= 4 is 10.0 Å². The molecule has 0 saturated heterocycles. The van der Waals surface area contributed by atoms with Crippen molar-refractivity contribution in [1.29, 1.82) is 0 Å². The van der Waals surface area contributed by atoms with Crippen LogP contribution in [0, 0.1) is 0 Å². The summed E-state index contributed by atoms with van der Waals surface area (Å²) in [5, 5.41) is 9.10. The molecule has 6 heteroatoms. The third kappa shape index (κ3) is 2.28. The Labute approximate surface area is 96.4 Å². The van der Waals surface area contributed by atoms with Crippen LogP contribution in [0.1, 0.15) is 19.5 Å². The van der Waals surface area contributed by atoms with Gasteiger partial charge in [0.15, 0.2) is 0 Å². The molecule has 0 amide bonds. The van der Waals surface area contributed by atoms with Gasteiger partial charge < -0.3 is 9.67 Å². The van der Waals surface area contributed by atoms with Crippen LogP contribution in [0.5, 0.6) is 0 Å². The number of nitrogens with zero attached hydrogens (tertiary/aromatic N) is 2. The molecule has 0 spiro atoms. The summed E-state index contributed by atoms with van der Waals surface area (Å²) in [6.45, 7) is 4.59. The third-order valence-corrected chi connectivity index (χ3v) is 4.51. The maximum Gasteiger partial charge on any atom is 0.244 e. The molecule has 0 aliphatic carbocycles. The van der Waals surface area contributed by atoms with Crippen molar-refractivity contribution in [1.82, 2.24) is 8.87 Å². The highest BCUT2D eigenvalue weighted by atomic mass is 32.2. The van der Waals surface area contributed by atoms with Gasteiger partial charge in [0, 0.05) is 32.0 Å². The van der Waals surface area contributed by atoms with Gasteiger partial charge in [-0.05, 0) is 13.0 Å². The molecule has 0 bridgehead atoms. The lowest BCUT2D eigenvalue weighted by Gasteiger charge is -2.12. The lowest BCUT2D eigenvalue weighted by Crippen LogP contribution is -2.26. The summed E-state index contributed by atoms with van der Waals surface area (Å²) in [5.74, 6) is 0. The molecule has 0 radical (unpaired) electrons. The highest BCUT2D eigenvalue weighted by Crippen LogP contribution is 2.18. The van der Waals surface area contributed by atoms with Crippen LogP contribution in [-0.2, 0) is 23.2 Å². The average molecular weight is 246 g/mol. The molecule has 1 rings (SSSR count). The third-order valence-electron chi connectivity index (χ3n) is 2.62. The van der Waals surface area contributed by atoms with Crippen molar-refractivity contribution in [3.05, 3.63) is 18.0 Å². The van der Waals surface area contributed by atoms with Crippen LogP contribution in [0.15, 0.2) is 17.2 Å². The minimum absolute atomic E-state index is 0.154. The van der Waals surface area contributed by atoms with Crippen molar-refractivity contribution < 1.29 is 13.5 Å². The zero-order valence-electron chi connectivity index (χ0n) is 9.84. The van der Waals surface area contributed by atoms with Crippen molar-refractivity contribution in [3.63, 3.8) is 0 Å². The lowest BCUT2D eigenvalue weighted by atomic mass is 10.4. The Bertz CT molecular complexity index is 429. The molecule has 92 valence electrons. The molecule has 0 aromatic carbocycles. The van der Waals surface area contributed by atoms with Gasteiger partial charge >= 0.3 is 0 Å². The molecular weight excluding hydrogens is 228 g/mol. The minimum atomic E-state index is -3.41. The Kier molecular flexibility index (Phi) is 4.12. The summed E-state index contributed by atoms with van der Waals surface area (Å²) in [7, 11) is -1.87. The van der Waals surface area contributed by atoms with Crippen molar-refractivity contribution in [2.45, 2.75) is 31.9 Å². The van der Waals surface area contributed by atoms with Crippen LogP contribution in [0.25, 0.3) is 0 Å². The number of hydrogen-bond acceptors (Lipinski definition) is 3. The van der Waals surface area contributed by atoms with Gasteiger partial charge in [-0.15, -0.1) is 0 Å².